The first-order chi connectivity index (χ1) is 10.1. The molecule has 21 heavy (non-hydrogen) atoms. The Morgan fingerprint density at radius 3 is 2.67 bits per heavy atom. The summed E-state index contributed by atoms with van der Waals surface area (Å²) in [4.78, 5) is 2.40. The van der Waals surface area contributed by atoms with Crippen LogP contribution in [0.4, 0.5) is 0 Å². The largest absolute Gasteiger partial charge is 0.364 e. The fourth-order valence-electron chi connectivity index (χ4n) is 2.99. The van der Waals surface area contributed by atoms with Gasteiger partial charge in [-0.1, -0.05) is 61.2 Å². The predicted octanol–water partition coefficient (Wildman–Crippen LogP) is 4.98. The molecule has 1 atom stereocenters. The molecule has 110 valence electrons. The molecule has 1 heterocycles. The van der Waals surface area contributed by atoms with Crippen LogP contribution in [0.5, 0.6) is 0 Å². The van der Waals surface area contributed by atoms with Gasteiger partial charge in [-0.2, -0.15) is 0 Å². The predicted molar refractivity (Wildman–Crippen MR) is 93.1 cm³/mol. The van der Waals surface area contributed by atoms with E-state index in [4.69, 9.17) is 0 Å². The van der Waals surface area contributed by atoms with Crippen molar-refractivity contribution in [1.29, 1.82) is 0 Å². The van der Waals surface area contributed by atoms with E-state index in [2.05, 4.69) is 74.4 Å². The lowest BCUT2D eigenvalue weighted by Crippen LogP contribution is -2.40. The molecule has 1 aromatic rings. The van der Waals surface area contributed by atoms with Gasteiger partial charge in [0.25, 0.3) is 0 Å². The van der Waals surface area contributed by atoms with E-state index in [1.54, 1.807) is 0 Å². The number of nitrogens with zero attached hydrogens (tertiary/aromatic N) is 1. The molecule has 0 saturated heterocycles. The van der Waals surface area contributed by atoms with Crippen molar-refractivity contribution in [3.63, 3.8) is 0 Å². The summed E-state index contributed by atoms with van der Waals surface area (Å²) >= 11 is 0. The van der Waals surface area contributed by atoms with Gasteiger partial charge in [-0.25, -0.2) is 0 Å². The normalized spacial score (nSPS) is 19.0. The SMILES string of the molecule is C=C(C)/C=C\C(=CC)C1Cc2ccccc2C(=C)N1CC. The van der Waals surface area contributed by atoms with Crippen LogP contribution in [-0.2, 0) is 6.42 Å². The van der Waals surface area contributed by atoms with Crippen LogP contribution in [0.3, 0.4) is 0 Å². The third kappa shape index (κ3) is 3.18. The molecule has 2 rings (SSSR count). The lowest BCUT2D eigenvalue weighted by atomic mass is 9.87. The third-order valence-corrected chi connectivity index (χ3v) is 4.08. The number of allylic oxidation sites excluding steroid dienone is 3. The van der Waals surface area contributed by atoms with Crippen LogP contribution in [-0.4, -0.2) is 17.5 Å². The maximum atomic E-state index is 4.33. The Hall–Kier alpha value is -2.02. The first-order valence-corrected chi connectivity index (χ1v) is 7.62. The Labute approximate surface area is 129 Å². The highest BCUT2D eigenvalue weighted by Gasteiger charge is 2.28. The van der Waals surface area contributed by atoms with E-state index in [-0.39, 0.29) is 0 Å². The minimum atomic E-state index is 0.359. The molecule has 1 aliphatic heterocycles. The van der Waals surface area contributed by atoms with Crippen LogP contribution in [0.15, 0.2) is 66.8 Å². The quantitative estimate of drug-likeness (QED) is 0.702. The molecule has 0 bridgehead atoms. The van der Waals surface area contributed by atoms with Gasteiger partial charge in [-0.05, 0) is 38.3 Å². The van der Waals surface area contributed by atoms with Crippen LogP contribution in [0.25, 0.3) is 5.70 Å². The average Bonchev–Trinajstić information content (AvgIpc) is 2.48. The summed E-state index contributed by atoms with van der Waals surface area (Å²) in [5.41, 5.74) is 6.21. The van der Waals surface area contributed by atoms with Crippen molar-refractivity contribution < 1.29 is 0 Å². The van der Waals surface area contributed by atoms with Crippen molar-refractivity contribution in [2.45, 2.75) is 33.2 Å². The summed E-state index contributed by atoms with van der Waals surface area (Å²) in [6, 6.07) is 8.96. The Morgan fingerprint density at radius 1 is 1.33 bits per heavy atom. The van der Waals surface area contributed by atoms with Gasteiger partial charge in [0.2, 0.25) is 0 Å². The third-order valence-electron chi connectivity index (χ3n) is 4.08. The minimum Gasteiger partial charge on any atom is -0.364 e. The maximum Gasteiger partial charge on any atom is 0.0579 e. The smallest absolute Gasteiger partial charge is 0.0579 e. The van der Waals surface area contributed by atoms with Crippen LogP contribution >= 0.6 is 0 Å². The van der Waals surface area contributed by atoms with Gasteiger partial charge in [-0.3, -0.25) is 0 Å². The highest BCUT2D eigenvalue weighted by Crippen LogP contribution is 2.34. The van der Waals surface area contributed by atoms with Crippen LogP contribution < -0.4 is 0 Å². The lowest BCUT2D eigenvalue weighted by Gasteiger charge is -2.40. The molecule has 0 N–H and O–H groups in total. The van der Waals surface area contributed by atoms with Crippen molar-refractivity contribution in [2.75, 3.05) is 6.54 Å². The van der Waals surface area contributed by atoms with Gasteiger partial charge >= 0.3 is 0 Å². The Morgan fingerprint density at radius 2 is 2.05 bits per heavy atom. The van der Waals surface area contributed by atoms with Gasteiger partial charge in [0.05, 0.1) is 6.04 Å². The molecule has 0 aliphatic carbocycles. The first-order valence-electron chi connectivity index (χ1n) is 7.62. The fourth-order valence-corrected chi connectivity index (χ4v) is 2.99. The number of hydrogen-bond donors (Lipinski definition) is 0. The maximum absolute atomic E-state index is 4.33. The van der Waals surface area contributed by atoms with Gasteiger partial charge in [0, 0.05) is 17.8 Å². The number of benzene rings is 1. The highest BCUT2D eigenvalue weighted by atomic mass is 15.2. The van der Waals surface area contributed by atoms with Gasteiger partial charge in [-0.15, -0.1) is 0 Å². The van der Waals surface area contributed by atoms with E-state index in [1.807, 2.05) is 6.92 Å². The molecule has 1 heteroatoms. The summed E-state index contributed by atoms with van der Waals surface area (Å²) in [6.45, 7) is 15.6. The summed E-state index contributed by atoms with van der Waals surface area (Å²) in [5.74, 6) is 0. The fraction of sp³-hybridized carbons (Fsp3) is 0.300. The van der Waals surface area contributed by atoms with Crippen molar-refractivity contribution in [1.82, 2.24) is 4.90 Å². The average molecular weight is 279 g/mol. The molecule has 1 aliphatic rings. The summed E-state index contributed by atoms with van der Waals surface area (Å²) in [5, 5.41) is 0. The van der Waals surface area contributed by atoms with E-state index in [0.717, 1.165) is 24.2 Å². The first kappa shape index (κ1) is 15.4. The van der Waals surface area contributed by atoms with E-state index >= 15 is 0 Å². The molecule has 0 radical (unpaired) electrons. The second kappa shape index (κ2) is 6.62. The van der Waals surface area contributed by atoms with Gasteiger partial charge in [0.15, 0.2) is 0 Å². The van der Waals surface area contributed by atoms with Crippen LogP contribution in [0.2, 0.25) is 0 Å². The highest BCUT2D eigenvalue weighted by molar-refractivity contribution is 5.68. The van der Waals surface area contributed by atoms with E-state index in [9.17, 15) is 0 Å². The van der Waals surface area contributed by atoms with Gasteiger partial charge in [0.1, 0.15) is 0 Å². The zero-order valence-corrected chi connectivity index (χ0v) is 13.4. The molecule has 0 spiro atoms. The van der Waals surface area contributed by atoms with E-state index in [0.29, 0.717) is 6.04 Å². The lowest BCUT2D eigenvalue weighted by molar-refractivity contribution is 0.333. The van der Waals surface area contributed by atoms with Crippen molar-refractivity contribution in [3.05, 3.63) is 77.9 Å². The topological polar surface area (TPSA) is 3.24 Å². The molecule has 1 unspecified atom stereocenters. The Kier molecular flexibility index (Phi) is 4.85. The minimum absolute atomic E-state index is 0.359. The Balaban J connectivity index is 2.39. The molecule has 1 nitrogen and oxygen atoms in total. The molecule has 0 aromatic heterocycles. The molecular formula is C20H25N. The second-order valence-corrected chi connectivity index (χ2v) is 5.58. The standard InChI is InChI=1S/C20H25N/c1-6-17(13-12-15(3)4)20-14-18-10-8-9-11-19(18)16(5)21(20)7-2/h6,8-13,20H,3,5,7,14H2,1-2,4H3/b13-12-,17-6?. The van der Waals surface area contributed by atoms with Crippen LogP contribution in [0.1, 0.15) is 31.9 Å². The van der Waals surface area contributed by atoms with Crippen molar-refractivity contribution in [3.8, 4) is 0 Å². The monoisotopic (exact) mass is 279 g/mol. The molecule has 0 saturated carbocycles. The molecule has 1 aromatic carbocycles. The summed E-state index contributed by atoms with van der Waals surface area (Å²) in [7, 11) is 0. The number of likely N-dealkylation sites (N-methyl/N-ethyl adjacent to an activating group) is 1. The van der Waals surface area contributed by atoms with Crippen molar-refractivity contribution in [2.24, 2.45) is 0 Å². The Bertz CT molecular complexity index is 604. The van der Waals surface area contributed by atoms with E-state index < -0.39 is 0 Å². The number of hydrogen-bond acceptors (Lipinski definition) is 1. The molecular weight excluding hydrogens is 254 g/mol. The van der Waals surface area contributed by atoms with Crippen molar-refractivity contribution >= 4 is 5.70 Å². The zero-order valence-electron chi connectivity index (χ0n) is 13.4. The molecule has 0 amide bonds. The van der Waals surface area contributed by atoms with Gasteiger partial charge < -0.3 is 4.90 Å². The molecule has 0 fully saturated rings. The second-order valence-electron chi connectivity index (χ2n) is 5.58. The number of fused-ring (bicyclic) bond motifs is 1. The van der Waals surface area contributed by atoms with E-state index in [1.165, 1.54) is 16.7 Å². The zero-order chi connectivity index (χ0) is 15.4. The number of rotatable bonds is 4. The summed E-state index contributed by atoms with van der Waals surface area (Å²) in [6.07, 6.45) is 7.51. The van der Waals surface area contributed by atoms with Crippen LogP contribution in [0, 0.1) is 0 Å². The summed E-state index contributed by atoms with van der Waals surface area (Å²) < 4.78 is 0.